The van der Waals surface area contributed by atoms with Crippen LogP contribution >= 0.6 is 23.1 Å². The Bertz CT molecular complexity index is 852. The predicted octanol–water partition coefficient (Wildman–Crippen LogP) is 2.65. The molecule has 0 spiro atoms. The second-order valence-electron chi connectivity index (χ2n) is 6.28. The lowest BCUT2D eigenvalue weighted by atomic mass is 9.89. The topological polar surface area (TPSA) is 75.2 Å². The van der Waals surface area contributed by atoms with Gasteiger partial charge in [-0.3, -0.25) is 9.69 Å². The Labute approximate surface area is 148 Å². The summed E-state index contributed by atoms with van der Waals surface area (Å²) in [6.07, 6.45) is 3.23. The lowest BCUT2D eigenvalue weighted by molar-refractivity contribution is -0.131. The van der Waals surface area contributed by atoms with Crippen LogP contribution in [0.4, 0.5) is 4.79 Å². The van der Waals surface area contributed by atoms with Crippen molar-refractivity contribution in [1.29, 1.82) is 0 Å². The average Bonchev–Trinajstić information content (AvgIpc) is 3.23. The number of rotatable bonds is 3. The number of halogens is 1. The number of carbonyl (C=O) groups excluding carboxylic acids is 2. The van der Waals surface area contributed by atoms with Crippen molar-refractivity contribution in [3.8, 4) is 0 Å². The van der Waals surface area contributed by atoms with Crippen LogP contribution in [-0.2, 0) is 29.7 Å². The van der Waals surface area contributed by atoms with Crippen molar-refractivity contribution >= 4 is 35.1 Å². The van der Waals surface area contributed by atoms with Gasteiger partial charge in [0.2, 0.25) is 0 Å². The molecule has 1 fully saturated rings. The molecule has 3 amide bonds. The quantitative estimate of drug-likeness (QED) is 0.852. The predicted molar refractivity (Wildman–Crippen MR) is 89.8 cm³/mol. The zero-order chi connectivity index (χ0) is 16.9. The molecule has 1 aliphatic heterocycles. The molecule has 1 saturated heterocycles. The smallest absolute Gasteiger partial charge is 0.319 e. The molecule has 2 aliphatic rings. The van der Waals surface area contributed by atoms with Crippen LogP contribution in [-0.4, -0.2) is 26.4 Å². The number of imide groups is 1. The minimum atomic E-state index is -1.06. The monoisotopic (exact) mass is 362 g/mol. The molecule has 1 atom stereocenters. The molecular formula is C16H15ClN4O2S. The van der Waals surface area contributed by atoms with Crippen molar-refractivity contribution < 1.29 is 9.59 Å². The molecule has 124 valence electrons. The van der Waals surface area contributed by atoms with E-state index in [4.69, 9.17) is 11.6 Å². The van der Waals surface area contributed by atoms with Gasteiger partial charge in [0.15, 0.2) is 0 Å². The number of aromatic nitrogens is 2. The summed E-state index contributed by atoms with van der Waals surface area (Å²) >= 11 is 7.02. The van der Waals surface area contributed by atoms with Gasteiger partial charge >= 0.3 is 6.03 Å². The van der Waals surface area contributed by atoms with Gasteiger partial charge in [0, 0.05) is 11.5 Å². The summed E-state index contributed by atoms with van der Waals surface area (Å²) in [6.45, 7) is 1.77. The molecule has 6 nitrogen and oxygen atoms in total. The normalized spacial score (nSPS) is 22.8. The molecule has 1 N–H and O–H groups in total. The van der Waals surface area contributed by atoms with Gasteiger partial charge in [0.1, 0.15) is 15.6 Å². The van der Waals surface area contributed by atoms with Crippen LogP contribution in [0, 0.1) is 0 Å². The number of fused-ring (bicyclic) bond motifs is 1. The highest BCUT2D eigenvalue weighted by Gasteiger charge is 2.49. The second kappa shape index (κ2) is 5.53. The first kappa shape index (κ1) is 15.5. The van der Waals surface area contributed by atoms with Crippen LogP contribution in [0.15, 0.2) is 18.2 Å². The molecular weight excluding hydrogens is 348 g/mol. The number of hydrogen-bond donors (Lipinski definition) is 1. The van der Waals surface area contributed by atoms with E-state index in [2.05, 4.69) is 21.0 Å². The van der Waals surface area contributed by atoms with Crippen LogP contribution in [0.25, 0.3) is 0 Å². The summed E-state index contributed by atoms with van der Waals surface area (Å²) in [5.41, 5.74) is 2.78. The van der Waals surface area contributed by atoms with E-state index in [1.165, 1.54) is 11.1 Å². The zero-order valence-electron chi connectivity index (χ0n) is 13.0. The van der Waals surface area contributed by atoms with E-state index in [0.717, 1.165) is 41.3 Å². The first-order valence-corrected chi connectivity index (χ1v) is 8.87. The summed E-state index contributed by atoms with van der Waals surface area (Å²) in [6, 6.07) is 5.60. The average molecular weight is 363 g/mol. The number of urea groups is 1. The minimum absolute atomic E-state index is 0.0283. The van der Waals surface area contributed by atoms with Gasteiger partial charge in [-0.05, 0) is 42.9 Å². The first-order valence-electron chi connectivity index (χ1n) is 7.72. The van der Waals surface area contributed by atoms with Gasteiger partial charge in [-0.2, -0.15) is 0 Å². The van der Waals surface area contributed by atoms with Crippen molar-refractivity contribution in [2.75, 3.05) is 0 Å². The number of amides is 3. The third-order valence-corrected chi connectivity index (χ3v) is 5.75. The molecule has 8 heteroatoms. The molecule has 4 rings (SSSR count). The highest BCUT2D eigenvalue weighted by Crippen LogP contribution is 2.33. The molecule has 1 aromatic carbocycles. The molecule has 2 aromatic rings. The number of nitrogens with one attached hydrogen (secondary N) is 1. The maximum atomic E-state index is 12.9. The van der Waals surface area contributed by atoms with Crippen molar-refractivity contribution in [2.45, 2.75) is 38.3 Å². The van der Waals surface area contributed by atoms with Gasteiger partial charge in [0.25, 0.3) is 5.91 Å². The summed E-state index contributed by atoms with van der Waals surface area (Å²) in [5.74, 6) is -0.297. The fraction of sp³-hybridized carbons (Fsp3) is 0.375. The highest BCUT2D eigenvalue weighted by molar-refractivity contribution is 7.10. The standard InChI is InChI=1S/C16H15ClN4O2S/c1-16(11-6-5-9-3-2-4-10(9)7-11)14(22)21(15(23)18-16)8-12-13(17)24-20-19-12/h5-7H,2-4,8H2,1H3,(H,18,23)/t16-/m1/s1. The maximum Gasteiger partial charge on any atom is 0.325 e. The highest BCUT2D eigenvalue weighted by atomic mass is 35.5. The zero-order valence-corrected chi connectivity index (χ0v) is 14.6. The van der Waals surface area contributed by atoms with Gasteiger partial charge in [0.05, 0.1) is 6.54 Å². The SMILES string of the molecule is C[C@]1(c2ccc3c(c2)CCC3)NC(=O)N(Cc2nnsc2Cl)C1=O. The second-order valence-corrected chi connectivity index (χ2v) is 7.63. The van der Waals surface area contributed by atoms with Gasteiger partial charge in [-0.1, -0.05) is 34.3 Å². The van der Waals surface area contributed by atoms with Gasteiger partial charge in [-0.25, -0.2) is 4.79 Å². The summed E-state index contributed by atoms with van der Waals surface area (Å²) in [5, 5.41) is 6.70. The van der Waals surface area contributed by atoms with Crippen LogP contribution < -0.4 is 5.32 Å². The summed E-state index contributed by atoms with van der Waals surface area (Å²) in [4.78, 5) is 26.4. The Morgan fingerprint density at radius 2 is 2.12 bits per heavy atom. The minimum Gasteiger partial charge on any atom is -0.319 e. The van der Waals surface area contributed by atoms with Crippen molar-refractivity contribution in [2.24, 2.45) is 0 Å². The fourth-order valence-corrected chi connectivity index (χ4v) is 3.97. The van der Waals surface area contributed by atoms with E-state index in [1.54, 1.807) is 6.92 Å². The van der Waals surface area contributed by atoms with E-state index >= 15 is 0 Å². The fourth-order valence-electron chi connectivity index (χ4n) is 3.36. The number of carbonyl (C=O) groups is 2. The van der Waals surface area contributed by atoms with E-state index in [0.29, 0.717) is 10.0 Å². The Balaban J connectivity index is 1.65. The van der Waals surface area contributed by atoms with Gasteiger partial charge < -0.3 is 5.32 Å². The van der Waals surface area contributed by atoms with Crippen molar-refractivity contribution in [3.05, 3.63) is 44.9 Å². The molecule has 1 aromatic heterocycles. The van der Waals surface area contributed by atoms with E-state index < -0.39 is 11.6 Å². The molecule has 24 heavy (non-hydrogen) atoms. The van der Waals surface area contributed by atoms with Crippen LogP contribution in [0.1, 0.15) is 35.7 Å². The number of nitrogens with zero attached hydrogens (tertiary/aromatic N) is 3. The molecule has 0 bridgehead atoms. The third-order valence-electron chi connectivity index (χ3n) is 4.77. The first-order chi connectivity index (χ1) is 11.5. The van der Waals surface area contributed by atoms with E-state index in [1.807, 2.05) is 12.1 Å². The van der Waals surface area contributed by atoms with Crippen LogP contribution in [0.3, 0.4) is 0 Å². The van der Waals surface area contributed by atoms with E-state index in [-0.39, 0.29) is 12.5 Å². The van der Waals surface area contributed by atoms with Crippen molar-refractivity contribution in [1.82, 2.24) is 19.8 Å². The lowest BCUT2D eigenvalue weighted by Gasteiger charge is -2.23. The van der Waals surface area contributed by atoms with Gasteiger partial charge in [-0.15, -0.1) is 5.10 Å². The van der Waals surface area contributed by atoms with Crippen molar-refractivity contribution in [3.63, 3.8) is 0 Å². The summed E-state index contributed by atoms with van der Waals surface area (Å²) < 4.78 is 4.13. The maximum absolute atomic E-state index is 12.9. The number of hydrogen-bond acceptors (Lipinski definition) is 5. The number of benzene rings is 1. The molecule has 0 saturated carbocycles. The molecule has 0 radical (unpaired) electrons. The Hall–Kier alpha value is -1.99. The van der Waals surface area contributed by atoms with Crippen LogP contribution in [0.5, 0.6) is 0 Å². The van der Waals surface area contributed by atoms with Crippen LogP contribution in [0.2, 0.25) is 4.34 Å². The Morgan fingerprint density at radius 3 is 2.88 bits per heavy atom. The molecule has 0 unspecified atom stereocenters. The third kappa shape index (κ3) is 2.31. The summed E-state index contributed by atoms with van der Waals surface area (Å²) in [7, 11) is 0. The number of aryl methyl sites for hydroxylation is 2. The molecule has 1 aliphatic carbocycles. The lowest BCUT2D eigenvalue weighted by Crippen LogP contribution is -2.41. The Morgan fingerprint density at radius 1 is 1.33 bits per heavy atom. The molecule has 2 heterocycles. The largest absolute Gasteiger partial charge is 0.325 e. The Kier molecular flexibility index (Phi) is 3.58. The van der Waals surface area contributed by atoms with E-state index in [9.17, 15) is 9.59 Å².